The van der Waals surface area contributed by atoms with E-state index in [-0.39, 0.29) is 5.56 Å². The Balaban J connectivity index is 2.16. The SMILES string of the molecule is CCc1ccc(-c2nc3sc(C)cc3c(=O)[nH]2)cc1. The van der Waals surface area contributed by atoms with E-state index in [1.54, 1.807) is 11.3 Å². The molecule has 0 saturated heterocycles. The predicted molar refractivity (Wildman–Crippen MR) is 79.8 cm³/mol. The maximum atomic E-state index is 12.0. The number of aromatic nitrogens is 2. The van der Waals surface area contributed by atoms with Crippen LogP contribution in [0.5, 0.6) is 0 Å². The molecule has 0 aliphatic heterocycles. The van der Waals surface area contributed by atoms with Gasteiger partial charge in [0.1, 0.15) is 10.7 Å². The Labute approximate surface area is 115 Å². The van der Waals surface area contributed by atoms with Crippen LogP contribution in [0.1, 0.15) is 17.4 Å². The van der Waals surface area contributed by atoms with E-state index in [0.29, 0.717) is 11.2 Å². The van der Waals surface area contributed by atoms with Gasteiger partial charge in [-0.25, -0.2) is 4.98 Å². The number of nitrogens with one attached hydrogen (secondary N) is 1. The first kappa shape index (κ1) is 12.1. The van der Waals surface area contributed by atoms with Crippen LogP contribution in [0.3, 0.4) is 0 Å². The molecular weight excluding hydrogens is 256 g/mol. The summed E-state index contributed by atoms with van der Waals surface area (Å²) in [6, 6.07) is 10.0. The average Bonchev–Trinajstić information content (AvgIpc) is 2.80. The topological polar surface area (TPSA) is 45.8 Å². The Bertz CT molecular complexity index is 784. The first-order valence-electron chi connectivity index (χ1n) is 6.27. The summed E-state index contributed by atoms with van der Waals surface area (Å²) in [5.74, 6) is 0.641. The molecule has 3 aromatic rings. The average molecular weight is 270 g/mol. The van der Waals surface area contributed by atoms with Crippen molar-refractivity contribution in [1.82, 2.24) is 9.97 Å². The van der Waals surface area contributed by atoms with Gasteiger partial charge in [0.25, 0.3) is 5.56 Å². The van der Waals surface area contributed by atoms with Crippen molar-refractivity contribution in [1.29, 1.82) is 0 Å². The third-order valence-electron chi connectivity index (χ3n) is 3.16. The summed E-state index contributed by atoms with van der Waals surface area (Å²) < 4.78 is 0. The highest BCUT2D eigenvalue weighted by Crippen LogP contribution is 2.23. The van der Waals surface area contributed by atoms with Crippen molar-refractivity contribution >= 4 is 21.6 Å². The Hall–Kier alpha value is -1.94. The first-order valence-corrected chi connectivity index (χ1v) is 7.09. The molecule has 0 aliphatic carbocycles. The van der Waals surface area contributed by atoms with Crippen LogP contribution in [0, 0.1) is 6.92 Å². The Morgan fingerprint density at radius 3 is 2.68 bits per heavy atom. The fourth-order valence-corrected chi connectivity index (χ4v) is 2.97. The van der Waals surface area contributed by atoms with E-state index in [9.17, 15) is 4.79 Å². The number of fused-ring (bicyclic) bond motifs is 1. The van der Waals surface area contributed by atoms with Crippen molar-refractivity contribution in [2.45, 2.75) is 20.3 Å². The monoisotopic (exact) mass is 270 g/mol. The van der Waals surface area contributed by atoms with E-state index in [2.05, 4.69) is 29.0 Å². The standard InChI is InChI=1S/C15H14N2OS/c1-3-10-4-6-11(7-5-10)13-16-14(18)12-8-9(2)19-15(12)17-13/h4-8H,3H2,1-2H3,(H,16,17,18). The maximum Gasteiger partial charge on any atom is 0.259 e. The quantitative estimate of drug-likeness (QED) is 0.774. The third-order valence-corrected chi connectivity index (χ3v) is 4.11. The summed E-state index contributed by atoms with van der Waals surface area (Å²) in [7, 11) is 0. The number of H-pyrrole nitrogens is 1. The zero-order valence-electron chi connectivity index (χ0n) is 10.9. The van der Waals surface area contributed by atoms with E-state index < -0.39 is 0 Å². The first-order chi connectivity index (χ1) is 9.17. The van der Waals surface area contributed by atoms with Gasteiger partial charge in [-0.1, -0.05) is 31.2 Å². The molecule has 0 atom stereocenters. The van der Waals surface area contributed by atoms with Crippen LogP contribution < -0.4 is 5.56 Å². The van der Waals surface area contributed by atoms with Crippen LogP contribution in [0.15, 0.2) is 35.1 Å². The molecule has 0 saturated carbocycles. The zero-order valence-corrected chi connectivity index (χ0v) is 11.7. The van der Waals surface area contributed by atoms with Crippen molar-refractivity contribution in [3.05, 3.63) is 51.1 Å². The molecule has 0 unspecified atom stereocenters. The van der Waals surface area contributed by atoms with Crippen LogP contribution >= 0.6 is 11.3 Å². The van der Waals surface area contributed by atoms with Gasteiger partial charge < -0.3 is 4.98 Å². The minimum Gasteiger partial charge on any atom is -0.306 e. The second-order valence-electron chi connectivity index (χ2n) is 4.54. The van der Waals surface area contributed by atoms with Gasteiger partial charge in [0.05, 0.1) is 5.39 Å². The molecule has 0 radical (unpaired) electrons. The second-order valence-corrected chi connectivity index (χ2v) is 5.78. The lowest BCUT2D eigenvalue weighted by molar-refractivity contribution is 1.13. The van der Waals surface area contributed by atoms with Crippen molar-refractivity contribution in [2.75, 3.05) is 0 Å². The molecule has 3 nitrogen and oxygen atoms in total. The third kappa shape index (κ3) is 2.19. The Morgan fingerprint density at radius 1 is 1.26 bits per heavy atom. The largest absolute Gasteiger partial charge is 0.306 e. The summed E-state index contributed by atoms with van der Waals surface area (Å²) in [6.45, 7) is 4.11. The van der Waals surface area contributed by atoms with Crippen molar-refractivity contribution < 1.29 is 0 Å². The van der Waals surface area contributed by atoms with Crippen LogP contribution in [-0.2, 0) is 6.42 Å². The molecule has 3 rings (SSSR count). The molecule has 19 heavy (non-hydrogen) atoms. The van der Waals surface area contributed by atoms with E-state index in [4.69, 9.17) is 0 Å². The molecule has 1 N–H and O–H groups in total. The fraction of sp³-hybridized carbons (Fsp3) is 0.200. The number of nitrogens with zero attached hydrogens (tertiary/aromatic N) is 1. The molecule has 2 aromatic heterocycles. The summed E-state index contributed by atoms with van der Waals surface area (Å²) >= 11 is 1.55. The Kier molecular flexibility index (Phi) is 2.95. The highest BCUT2D eigenvalue weighted by Gasteiger charge is 2.08. The van der Waals surface area contributed by atoms with Gasteiger partial charge >= 0.3 is 0 Å². The van der Waals surface area contributed by atoms with Gasteiger partial charge in [0.2, 0.25) is 0 Å². The van der Waals surface area contributed by atoms with E-state index in [1.807, 2.05) is 25.1 Å². The number of hydrogen-bond donors (Lipinski definition) is 1. The lowest BCUT2D eigenvalue weighted by Crippen LogP contribution is -2.07. The zero-order chi connectivity index (χ0) is 13.4. The summed E-state index contributed by atoms with van der Waals surface area (Å²) in [4.78, 5) is 21.3. The normalized spacial score (nSPS) is 11.1. The number of aromatic amines is 1. The molecule has 0 aliphatic rings. The Morgan fingerprint density at radius 2 is 2.00 bits per heavy atom. The van der Waals surface area contributed by atoms with Crippen molar-refractivity contribution in [3.8, 4) is 11.4 Å². The van der Waals surface area contributed by atoms with E-state index >= 15 is 0 Å². The number of hydrogen-bond acceptors (Lipinski definition) is 3. The number of aryl methyl sites for hydroxylation is 2. The van der Waals surface area contributed by atoms with Crippen LogP contribution in [0.25, 0.3) is 21.6 Å². The molecule has 0 amide bonds. The number of benzene rings is 1. The molecule has 96 valence electrons. The highest BCUT2D eigenvalue weighted by atomic mass is 32.1. The predicted octanol–water partition coefficient (Wildman–Crippen LogP) is 3.52. The summed E-state index contributed by atoms with van der Waals surface area (Å²) in [5.41, 5.74) is 2.16. The van der Waals surface area contributed by atoms with Gasteiger partial charge in [-0.3, -0.25) is 4.79 Å². The highest BCUT2D eigenvalue weighted by molar-refractivity contribution is 7.18. The van der Waals surface area contributed by atoms with E-state index in [0.717, 1.165) is 21.7 Å². The maximum absolute atomic E-state index is 12.0. The van der Waals surface area contributed by atoms with Crippen LogP contribution in [0.4, 0.5) is 0 Å². The van der Waals surface area contributed by atoms with Gasteiger partial charge in [0.15, 0.2) is 0 Å². The van der Waals surface area contributed by atoms with Crippen molar-refractivity contribution in [3.63, 3.8) is 0 Å². The molecule has 0 fully saturated rings. The van der Waals surface area contributed by atoms with Gasteiger partial charge in [0, 0.05) is 10.4 Å². The number of rotatable bonds is 2. The molecule has 0 spiro atoms. The molecule has 1 aromatic carbocycles. The molecular formula is C15H14N2OS. The molecule has 4 heteroatoms. The fourth-order valence-electron chi connectivity index (χ4n) is 2.09. The summed E-state index contributed by atoms with van der Waals surface area (Å²) in [5, 5.41) is 0.677. The molecule has 0 bridgehead atoms. The minimum atomic E-state index is -0.0658. The summed E-state index contributed by atoms with van der Waals surface area (Å²) in [6.07, 6.45) is 1.01. The second kappa shape index (κ2) is 4.63. The lowest BCUT2D eigenvalue weighted by atomic mass is 10.1. The van der Waals surface area contributed by atoms with Crippen LogP contribution in [0.2, 0.25) is 0 Å². The smallest absolute Gasteiger partial charge is 0.259 e. The lowest BCUT2D eigenvalue weighted by Gasteiger charge is -2.02. The number of thiophene rings is 1. The molecule has 2 heterocycles. The van der Waals surface area contributed by atoms with Gasteiger partial charge in [-0.2, -0.15) is 0 Å². The van der Waals surface area contributed by atoms with Gasteiger partial charge in [-0.05, 0) is 25.0 Å². The van der Waals surface area contributed by atoms with E-state index in [1.165, 1.54) is 5.56 Å². The minimum absolute atomic E-state index is 0.0658. The van der Waals surface area contributed by atoms with Gasteiger partial charge in [-0.15, -0.1) is 11.3 Å². The van der Waals surface area contributed by atoms with Crippen molar-refractivity contribution in [2.24, 2.45) is 0 Å². The van der Waals surface area contributed by atoms with Crippen LogP contribution in [-0.4, -0.2) is 9.97 Å².